The Morgan fingerprint density at radius 1 is 1.00 bits per heavy atom. The molecule has 0 saturated carbocycles. The Morgan fingerprint density at radius 2 is 1.71 bits per heavy atom. The molecule has 0 unspecified atom stereocenters. The van der Waals surface area contributed by atoms with Gasteiger partial charge < -0.3 is 0 Å². The first kappa shape index (κ1) is 13.8. The summed E-state index contributed by atoms with van der Waals surface area (Å²) in [5.74, 6) is 0.223. The highest BCUT2D eigenvalue weighted by Gasteiger charge is 2.15. The molecule has 0 aliphatic carbocycles. The van der Waals surface area contributed by atoms with Crippen molar-refractivity contribution >= 4 is 34.8 Å². The Balaban J connectivity index is 2.03. The van der Waals surface area contributed by atoms with Crippen LogP contribution in [-0.4, -0.2) is 9.55 Å². The first-order valence-electron chi connectivity index (χ1n) is 6.34. The van der Waals surface area contributed by atoms with Crippen molar-refractivity contribution in [2.24, 2.45) is 0 Å². The summed E-state index contributed by atoms with van der Waals surface area (Å²) in [6.07, 6.45) is 3.31. The van der Waals surface area contributed by atoms with Gasteiger partial charge in [-0.25, -0.2) is 4.98 Å². The number of hydrogen-bond donors (Lipinski definition) is 0. The van der Waals surface area contributed by atoms with Gasteiger partial charge in [-0.2, -0.15) is 8.78 Å². The molecule has 2 aromatic carbocycles. The third-order valence-electron chi connectivity index (χ3n) is 3.11. The molecule has 0 spiro atoms. The minimum atomic E-state index is -2.64. The zero-order chi connectivity index (χ0) is 14.8. The van der Waals surface area contributed by atoms with E-state index >= 15 is 0 Å². The van der Waals surface area contributed by atoms with Crippen LogP contribution in [-0.2, 0) is 0 Å². The second kappa shape index (κ2) is 5.66. The summed E-state index contributed by atoms with van der Waals surface area (Å²) in [6, 6.07) is 14.0. The molecular weight excluding hydrogens is 294 g/mol. The smallest absolute Gasteiger partial charge is 0.267 e. The number of hydrogen-bond acceptors (Lipinski definition) is 1. The second-order valence-corrected chi connectivity index (χ2v) is 4.93. The van der Waals surface area contributed by atoms with Crippen LogP contribution in [0.15, 0.2) is 48.5 Å². The van der Waals surface area contributed by atoms with E-state index in [0.29, 0.717) is 16.1 Å². The number of para-hydroxylation sites is 2. The maximum atomic E-state index is 13.2. The largest absolute Gasteiger partial charge is 0.320 e. The van der Waals surface area contributed by atoms with Crippen LogP contribution in [0.1, 0.15) is 17.9 Å². The van der Waals surface area contributed by atoms with E-state index in [4.69, 9.17) is 11.6 Å². The lowest BCUT2D eigenvalue weighted by Gasteiger charge is -2.04. The quantitative estimate of drug-likeness (QED) is 0.645. The summed E-state index contributed by atoms with van der Waals surface area (Å²) in [5, 5.41) is 0.631. The van der Waals surface area contributed by atoms with Crippen molar-refractivity contribution < 1.29 is 8.78 Å². The molecule has 1 aromatic heterocycles. The van der Waals surface area contributed by atoms with Gasteiger partial charge in [0.2, 0.25) is 0 Å². The van der Waals surface area contributed by atoms with Gasteiger partial charge in [-0.1, -0.05) is 41.9 Å². The van der Waals surface area contributed by atoms with Crippen molar-refractivity contribution in [2.75, 3.05) is 0 Å². The van der Waals surface area contributed by atoms with E-state index in [1.807, 2.05) is 12.1 Å². The highest BCUT2D eigenvalue weighted by Crippen LogP contribution is 2.24. The fourth-order valence-electron chi connectivity index (χ4n) is 2.13. The van der Waals surface area contributed by atoms with Crippen LogP contribution in [0.2, 0.25) is 5.02 Å². The number of imidazole rings is 1. The molecule has 0 fully saturated rings. The zero-order valence-corrected chi connectivity index (χ0v) is 11.6. The van der Waals surface area contributed by atoms with Crippen LogP contribution < -0.4 is 0 Å². The molecule has 0 N–H and O–H groups in total. The summed E-state index contributed by atoms with van der Waals surface area (Å²) < 4.78 is 27.4. The molecule has 0 bridgehead atoms. The van der Waals surface area contributed by atoms with E-state index in [9.17, 15) is 8.78 Å². The second-order valence-electron chi connectivity index (χ2n) is 4.49. The molecule has 1 heterocycles. The number of alkyl halides is 2. The Bertz CT molecular complexity index is 792. The predicted octanol–water partition coefficient (Wildman–Crippen LogP) is 5.26. The maximum absolute atomic E-state index is 13.2. The number of fused-ring (bicyclic) bond motifs is 1. The summed E-state index contributed by atoms with van der Waals surface area (Å²) in [7, 11) is 0. The monoisotopic (exact) mass is 304 g/mol. The summed E-state index contributed by atoms with van der Waals surface area (Å²) in [4.78, 5) is 4.24. The summed E-state index contributed by atoms with van der Waals surface area (Å²) in [6.45, 7) is -2.64. The molecule has 0 radical (unpaired) electrons. The third-order valence-corrected chi connectivity index (χ3v) is 3.37. The molecule has 3 rings (SSSR count). The minimum Gasteiger partial charge on any atom is -0.267 e. The van der Waals surface area contributed by atoms with Gasteiger partial charge in [-0.15, -0.1) is 0 Å². The predicted molar refractivity (Wildman–Crippen MR) is 81.4 cm³/mol. The first-order valence-corrected chi connectivity index (χ1v) is 6.72. The van der Waals surface area contributed by atoms with Crippen molar-refractivity contribution in [1.29, 1.82) is 0 Å². The van der Waals surface area contributed by atoms with Crippen molar-refractivity contribution in [3.05, 3.63) is 64.9 Å². The topological polar surface area (TPSA) is 17.8 Å². The standard InChI is InChI=1S/C16H11ClF2N2/c17-12-8-5-11(6-9-12)7-10-15-20-13-3-1-2-4-14(13)21(15)16(18)19/h1-10,16H. The van der Waals surface area contributed by atoms with E-state index < -0.39 is 6.55 Å². The molecule has 0 atom stereocenters. The fraction of sp³-hybridized carbons (Fsp3) is 0.0625. The molecule has 106 valence electrons. The van der Waals surface area contributed by atoms with Crippen molar-refractivity contribution in [3.8, 4) is 0 Å². The van der Waals surface area contributed by atoms with E-state index in [1.165, 1.54) is 0 Å². The number of nitrogens with zero attached hydrogens (tertiary/aromatic N) is 2. The van der Waals surface area contributed by atoms with Crippen molar-refractivity contribution in [1.82, 2.24) is 9.55 Å². The number of halogens is 3. The molecule has 2 nitrogen and oxygen atoms in total. The number of rotatable bonds is 3. The number of benzene rings is 2. The molecule has 21 heavy (non-hydrogen) atoms. The average molecular weight is 305 g/mol. The lowest BCUT2D eigenvalue weighted by molar-refractivity contribution is 0.0739. The van der Waals surface area contributed by atoms with Crippen LogP contribution in [0.25, 0.3) is 23.2 Å². The zero-order valence-electron chi connectivity index (χ0n) is 10.9. The van der Waals surface area contributed by atoms with Gasteiger partial charge in [0.15, 0.2) is 0 Å². The first-order chi connectivity index (χ1) is 10.1. The maximum Gasteiger partial charge on any atom is 0.320 e. The van der Waals surface area contributed by atoms with Gasteiger partial charge in [0.05, 0.1) is 11.0 Å². The molecular formula is C16H11ClF2N2. The van der Waals surface area contributed by atoms with E-state index in [-0.39, 0.29) is 5.82 Å². The van der Waals surface area contributed by atoms with Crippen LogP contribution in [0.4, 0.5) is 8.78 Å². The van der Waals surface area contributed by atoms with Gasteiger partial charge in [-0.05, 0) is 35.9 Å². The van der Waals surface area contributed by atoms with E-state index in [1.54, 1.807) is 48.6 Å². The third kappa shape index (κ3) is 2.81. The van der Waals surface area contributed by atoms with Crippen LogP contribution in [0, 0.1) is 0 Å². The van der Waals surface area contributed by atoms with Crippen LogP contribution >= 0.6 is 11.6 Å². The van der Waals surface area contributed by atoms with Gasteiger partial charge in [-0.3, -0.25) is 4.57 Å². The molecule has 3 aromatic rings. The Labute approximate surface area is 125 Å². The van der Waals surface area contributed by atoms with Crippen molar-refractivity contribution in [3.63, 3.8) is 0 Å². The summed E-state index contributed by atoms with van der Waals surface area (Å²) in [5.41, 5.74) is 1.84. The highest BCUT2D eigenvalue weighted by molar-refractivity contribution is 6.30. The normalized spacial score (nSPS) is 11.8. The van der Waals surface area contributed by atoms with Gasteiger partial charge >= 0.3 is 6.55 Å². The Hall–Kier alpha value is -2.20. The summed E-state index contributed by atoms with van der Waals surface area (Å²) >= 11 is 5.81. The van der Waals surface area contributed by atoms with Crippen LogP contribution in [0.5, 0.6) is 0 Å². The molecule has 0 amide bonds. The Morgan fingerprint density at radius 3 is 2.43 bits per heavy atom. The van der Waals surface area contributed by atoms with Crippen molar-refractivity contribution in [2.45, 2.75) is 6.55 Å². The number of aromatic nitrogens is 2. The molecule has 5 heteroatoms. The lowest BCUT2D eigenvalue weighted by atomic mass is 10.2. The molecule has 0 aliphatic heterocycles. The fourth-order valence-corrected chi connectivity index (χ4v) is 2.26. The molecule has 0 aliphatic rings. The van der Waals surface area contributed by atoms with Crippen LogP contribution in [0.3, 0.4) is 0 Å². The van der Waals surface area contributed by atoms with Gasteiger partial charge in [0.1, 0.15) is 5.82 Å². The molecule has 0 saturated heterocycles. The van der Waals surface area contributed by atoms with Gasteiger partial charge in [0, 0.05) is 5.02 Å². The lowest BCUT2D eigenvalue weighted by Crippen LogP contribution is -2.00. The minimum absolute atomic E-state index is 0.223. The van der Waals surface area contributed by atoms with E-state index in [2.05, 4.69) is 4.98 Å². The highest BCUT2D eigenvalue weighted by atomic mass is 35.5. The average Bonchev–Trinajstić information content (AvgIpc) is 2.85. The van der Waals surface area contributed by atoms with Gasteiger partial charge in [0.25, 0.3) is 0 Å². The van der Waals surface area contributed by atoms with E-state index in [0.717, 1.165) is 10.1 Å². The Kier molecular flexibility index (Phi) is 3.71. The SMILES string of the molecule is FC(F)n1c(C=Cc2ccc(Cl)cc2)nc2ccccc21.